The van der Waals surface area contributed by atoms with Gasteiger partial charge in [0.1, 0.15) is 0 Å². The summed E-state index contributed by atoms with van der Waals surface area (Å²) >= 11 is 0. The summed E-state index contributed by atoms with van der Waals surface area (Å²) in [4.78, 5) is 13.8. The van der Waals surface area contributed by atoms with Crippen LogP contribution in [0.25, 0.3) is 0 Å². The Labute approximate surface area is 84.4 Å². The fourth-order valence-corrected chi connectivity index (χ4v) is 2.12. The van der Waals surface area contributed by atoms with Gasteiger partial charge in [-0.1, -0.05) is 0 Å². The van der Waals surface area contributed by atoms with Gasteiger partial charge in [-0.3, -0.25) is 4.79 Å². The second-order valence-electron chi connectivity index (χ2n) is 4.44. The minimum absolute atomic E-state index is 0.0965. The van der Waals surface area contributed by atoms with Crippen LogP contribution in [0.3, 0.4) is 0 Å². The third-order valence-electron chi connectivity index (χ3n) is 3.45. The molecule has 2 rings (SSSR count). The van der Waals surface area contributed by atoms with Crippen LogP contribution in [0.4, 0.5) is 0 Å². The zero-order chi connectivity index (χ0) is 10.2. The number of amides is 1. The number of ether oxygens (including phenoxy) is 1. The number of nitrogens with two attached hydrogens (primary N) is 1. The molecule has 0 aromatic heterocycles. The van der Waals surface area contributed by atoms with Crippen LogP contribution in [0.5, 0.6) is 0 Å². The first-order valence-electron chi connectivity index (χ1n) is 5.27. The summed E-state index contributed by atoms with van der Waals surface area (Å²) in [7, 11) is 1.84. The van der Waals surface area contributed by atoms with Crippen LogP contribution in [0.2, 0.25) is 0 Å². The molecule has 1 saturated carbocycles. The number of carbonyl (C=O) groups excluding carboxylic acids is 1. The average molecular weight is 198 g/mol. The highest BCUT2D eigenvalue weighted by Crippen LogP contribution is 2.31. The molecule has 0 spiro atoms. The highest BCUT2D eigenvalue weighted by molar-refractivity contribution is 5.87. The monoisotopic (exact) mass is 198 g/mol. The van der Waals surface area contributed by atoms with Crippen molar-refractivity contribution in [1.29, 1.82) is 0 Å². The minimum atomic E-state index is -0.558. The van der Waals surface area contributed by atoms with Crippen LogP contribution in [0.15, 0.2) is 0 Å². The van der Waals surface area contributed by atoms with Crippen LogP contribution < -0.4 is 5.73 Å². The second kappa shape index (κ2) is 3.51. The molecule has 2 N–H and O–H groups in total. The molecule has 1 aliphatic carbocycles. The summed E-state index contributed by atoms with van der Waals surface area (Å²) in [5.74, 6) is 0.0965. The quantitative estimate of drug-likeness (QED) is 0.685. The largest absolute Gasteiger partial charge is 0.379 e. The molecule has 2 aliphatic rings. The van der Waals surface area contributed by atoms with E-state index in [2.05, 4.69) is 0 Å². The van der Waals surface area contributed by atoms with Gasteiger partial charge in [-0.05, 0) is 25.7 Å². The Balaban J connectivity index is 1.96. The van der Waals surface area contributed by atoms with Crippen molar-refractivity contribution in [1.82, 2.24) is 4.90 Å². The van der Waals surface area contributed by atoms with E-state index in [0.29, 0.717) is 6.61 Å². The molecule has 0 bridgehead atoms. The number of likely N-dealkylation sites (N-methyl/N-ethyl adjacent to an activating group) is 1. The van der Waals surface area contributed by atoms with Crippen molar-refractivity contribution in [2.24, 2.45) is 5.73 Å². The molecule has 4 heteroatoms. The molecule has 1 aliphatic heterocycles. The maximum atomic E-state index is 12.0. The van der Waals surface area contributed by atoms with E-state index in [0.717, 1.165) is 32.3 Å². The Bertz CT molecular complexity index is 232. The Morgan fingerprint density at radius 3 is 2.71 bits per heavy atom. The number of hydrogen-bond donors (Lipinski definition) is 1. The van der Waals surface area contributed by atoms with E-state index in [4.69, 9.17) is 10.5 Å². The fourth-order valence-electron chi connectivity index (χ4n) is 2.12. The van der Waals surface area contributed by atoms with Gasteiger partial charge in [0.15, 0.2) is 0 Å². The van der Waals surface area contributed by atoms with E-state index in [1.165, 1.54) is 0 Å². The Morgan fingerprint density at radius 2 is 2.29 bits per heavy atom. The molecule has 4 nitrogen and oxygen atoms in total. The normalized spacial score (nSPS) is 29.7. The molecule has 1 amide bonds. The van der Waals surface area contributed by atoms with Gasteiger partial charge in [0.25, 0.3) is 0 Å². The lowest BCUT2D eigenvalue weighted by Gasteiger charge is -2.40. The maximum Gasteiger partial charge on any atom is 0.242 e. The van der Waals surface area contributed by atoms with E-state index < -0.39 is 5.54 Å². The molecule has 1 saturated heterocycles. The molecular weight excluding hydrogens is 180 g/mol. The van der Waals surface area contributed by atoms with E-state index in [1.54, 1.807) is 4.90 Å². The van der Waals surface area contributed by atoms with Crippen molar-refractivity contribution in [3.8, 4) is 0 Å². The average Bonchev–Trinajstić information content (AvgIpc) is 2.64. The third kappa shape index (κ3) is 1.53. The van der Waals surface area contributed by atoms with Gasteiger partial charge in [0, 0.05) is 13.7 Å². The lowest BCUT2D eigenvalue weighted by molar-refractivity contribution is -0.141. The summed E-state index contributed by atoms with van der Waals surface area (Å²) < 4.78 is 5.26. The van der Waals surface area contributed by atoms with E-state index >= 15 is 0 Å². The first kappa shape index (κ1) is 9.93. The lowest BCUT2D eigenvalue weighted by atomic mass is 9.76. The number of hydrogen-bond acceptors (Lipinski definition) is 3. The number of nitrogens with zero attached hydrogens (tertiary/aromatic N) is 1. The maximum absolute atomic E-state index is 12.0. The zero-order valence-corrected chi connectivity index (χ0v) is 8.66. The highest BCUT2D eigenvalue weighted by atomic mass is 16.5. The van der Waals surface area contributed by atoms with Crippen LogP contribution in [0.1, 0.15) is 25.7 Å². The molecule has 80 valence electrons. The summed E-state index contributed by atoms with van der Waals surface area (Å²) in [6.45, 7) is 1.43. The second-order valence-corrected chi connectivity index (χ2v) is 4.44. The minimum Gasteiger partial charge on any atom is -0.379 e. The van der Waals surface area contributed by atoms with Crippen LogP contribution in [-0.2, 0) is 9.53 Å². The van der Waals surface area contributed by atoms with Crippen LogP contribution >= 0.6 is 0 Å². The molecule has 0 aromatic rings. The van der Waals surface area contributed by atoms with E-state index in [-0.39, 0.29) is 11.9 Å². The molecule has 1 heterocycles. The predicted octanol–water partition coefficient (Wildman–Crippen LogP) is 0.115. The van der Waals surface area contributed by atoms with Crippen molar-refractivity contribution in [2.45, 2.75) is 37.3 Å². The van der Waals surface area contributed by atoms with Gasteiger partial charge in [-0.15, -0.1) is 0 Å². The van der Waals surface area contributed by atoms with Gasteiger partial charge in [-0.25, -0.2) is 0 Å². The number of carbonyl (C=O) groups is 1. The summed E-state index contributed by atoms with van der Waals surface area (Å²) in [5.41, 5.74) is 5.42. The summed E-state index contributed by atoms with van der Waals surface area (Å²) in [6, 6.07) is 0.239. The smallest absolute Gasteiger partial charge is 0.242 e. The molecule has 2 fully saturated rings. The standard InChI is InChI=1S/C10H18N2O2/c1-12(8-3-6-14-7-8)9(13)10(11)4-2-5-10/h8H,2-7,11H2,1H3. The van der Waals surface area contributed by atoms with Gasteiger partial charge >= 0.3 is 0 Å². The highest BCUT2D eigenvalue weighted by Gasteiger charge is 2.43. The van der Waals surface area contributed by atoms with Crippen molar-refractivity contribution >= 4 is 5.91 Å². The molecule has 14 heavy (non-hydrogen) atoms. The fraction of sp³-hybridized carbons (Fsp3) is 0.900. The van der Waals surface area contributed by atoms with Gasteiger partial charge in [0.2, 0.25) is 5.91 Å². The molecular formula is C10H18N2O2. The summed E-state index contributed by atoms with van der Waals surface area (Å²) in [5, 5.41) is 0. The van der Waals surface area contributed by atoms with Crippen molar-refractivity contribution in [3.05, 3.63) is 0 Å². The molecule has 0 radical (unpaired) electrons. The first-order valence-corrected chi connectivity index (χ1v) is 5.27. The van der Waals surface area contributed by atoms with Crippen LogP contribution in [0, 0.1) is 0 Å². The lowest BCUT2D eigenvalue weighted by Crippen LogP contribution is -2.60. The van der Waals surface area contributed by atoms with Crippen molar-refractivity contribution < 1.29 is 9.53 Å². The first-order chi connectivity index (χ1) is 6.63. The molecule has 1 unspecified atom stereocenters. The Morgan fingerprint density at radius 1 is 1.57 bits per heavy atom. The van der Waals surface area contributed by atoms with E-state index in [9.17, 15) is 4.79 Å². The van der Waals surface area contributed by atoms with Gasteiger partial charge in [0.05, 0.1) is 18.2 Å². The Hall–Kier alpha value is -0.610. The van der Waals surface area contributed by atoms with Gasteiger partial charge in [-0.2, -0.15) is 0 Å². The molecule has 0 aromatic carbocycles. The van der Waals surface area contributed by atoms with Gasteiger partial charge < -0.3 is 15.4 Å². The van der Waals surface area contributed by atoms with Crippen LogP contribution in [-0.4, -0.2) is 42.6 Å². The SMILES string of the molecule is CN(C(=O)C1(N)CCC1)C1CCOC1. The molecule has 1 atom stereocenters. The number of rotatable bonds is 2. The van der Waals surface area contributed by atoms with Crippen molar-refractivity contribution in [2.75, 3.05) is 20.3 Å². The third-order valence-corrected chi connectivity index (χ3v) is 3.45. The topological polar surface area (TPSA) is 55.6 Å². The van der Waals surface area contributed by atoms with Crippen molar-refractivity contribution in [3.63, 3.8) is 0 Å². The van der Waals surface area contributed by atoms with E-state index in [1.807, 2.05) is 7.05 Å². The zero-order valence-electron chi connectivity index (χ0n) is 8.66. The summed E-state index contributed by atoms with van der Waals surface area (Å²) in [6.07, 6.45) is 3.70. The predicted molar refractivity (Wildman–Crippen MR) is 52.8 cm³/mol. The Kier molecular flexibility index (Phi) is 2.49.